The predicted molar refractivity (Wildman–Crippen MR) is 118 cm³/mol. The third-order valence-electron chi connectivity index (χ3n) is 5.11. The summed E-state index contributed by atoms with van der Waals surface area (Å²) in [6.45, 7) is 0.467. The lowest BCUT2D eigenvalue weighted by Crippen LogP contribution is -2.26. The number of fused-ring (bicyclic) bond motifs is 3. The number of pyridine rings is 1. The molecule has 6 nitrogen and oxygen atoms in total. The van der Waals surface area contributed by atoms with Crippen molar-refractivity contribution in [3.63, 3.8) is 0 Å². The molecule has 4 rings (SSSR count). The van der Waals surface area contributed by atoms with Gasteiger partial charge in [0.15, 0.2) is 0 Å². The van der Waals surface area contributed by atoms with Gasteiger partial charge < -0.3 is 15.2 Å². The van der Waals surface area contributed by atoms with Gasteiger partial charge in [0, 0.05) is 18.7 Å². The van der Waals surface area contributed by atoms with Crippen molar-refractivity contribution in [2.24, 2.45) is 0 Å². The second-order valence-electron chi connectivity index (χ2n) is 7.02. The molecule has 0 atom stereocenters. The van der Waals surface area contributed by atoms with E-state index in [0.717, 1.165) is 11.1 Å². The number of carboxylic acid groups (broad SMARTS) is 1. The van der Waals surface area contributed by atoms with Crippen molar-refractivity contribution in [1.82, 2.24) is 10.3 Å². The summed E-state index contributed by atoms with van der Waals surface area (Å²) in [7, 11) is 0. The number of rotatable bonds is 6. The topological polar surface area (TPSA) is 88.5 Å². The number of hydrogen-bond acceptors (Lipinski definition) is 4. The van der Waals surface area contributed by atoms with Crippen molar-refractivity contribution >= 4 is 29.7 Å². The third-order valence-corrected chi connectivity index (χ3v) is 5.41. The molecular weight excluding hydrogens is 416 g/mol. The van der Waals surface area contributed by atoms with Gasteiger partial charge in [0.2, 0.25) is 0 Å². The lowest BCUT2D eigenvalue weighted by molar-refractivity contribution is 0.0696. The highest BCUT2D eigenvalue weighted by atomic mass is 35.5. The van der Waals surface area contributed by atoms with Gasteiger partial charge >= 0.3 is 12.1 Å². The maximum Gasteiger partial charge on any atom is 0.407 e. The van der Waals surface area contributed by atoms with Gasteiger partial charge in [0.25, 0.3) is 0 Å². The van der Waals surface area contributed by atoms with Crippen LogP contribution in [0.3, 0.4) is 0 Å². The van der Waals surface area contributed by atoms with E-state index in [2.05, 4.69) is 34.6 Å². The third kappa shape index (κ3) is 4.44. The first-order valence-corrected chi connectivity index (χ1v) is 10.1. The molecule has 156 valence electrons. The average molecular weight is 435 g/mol. The molecule has 1 aliphatic rings. The number of aromatic nitrogens is 1. The van der Waals surface area contributed by atoms with E-state index >= 15 is 0 Å². The Kier molecular flexibility index (Phi) is 6.00. The van der Waals surface area contributed by atoms with E-state index in [4.69, 9.17) is 21.4 Å². The fourth-order valence-corrected chi connectivity index (χ4v) is 3.88. The second kappa shape index (κ2) is 9.02. The quantitative estimate of drug-likeness (QED) is 0.534. The first-order chi connectivity index (χ1) is 15.0. The highest BCUT2D eigenvalue weighted by Gasteiger charge is 2.28. The predicted octanol–water partition coefficient (Wildman–Crippen LogP) is 4.99. The van der Waals surface area contributed by atoms with Crippen LogP contribution in [0.5, 0.6) is 0 Å². The number of carboxylic acids is 1. The second-order valence-corrected chi connectivity index (χ2v) is 7.38. The number of ether oxygens (including phenoxy) is 1. The summed E-state index contributed by atoms with van der Waals surface area (Å²) in [5, 5.41) is 11.7. The van der Waals surface area contributed by atoms with Gasteiger partial charge in [-0.15, -0.1) is 0 Å². The molecule has 0 fully saturated rings. The average Bonchev–Trinajstić information content (AvgIpc) is 3.10. The molecule has 0 radical (unpaired) electrons. The summed E-state index contributed by atoms with van der Waals surface area (Å²) in [6.07, 6.45) is 4.27. The van der Waals surface area contributed by atoms with Crippen molar-refractivity contribution in [3.8, 4) is 11.1 Å². The van der Waals surface area contributed by atoms with Crippen LogP contribution in [0.1, 0.15) is 33.0 Å². The van der Waals surface area contributed by atoms with Gasteiger partial charge in [-0.1, -0.05) is 72.3 Å². The van der Waals surface area contributed by atoms with Crippen LogP contribution < -0.4 is 5.32 Å². The number of nitrogens with one attached hydrogen (secondary N) is 1. The Morgan fingerprint density at radius 1 is 1.10 bits per heavy atom. The van der Waals surface area contributed by atoms with Crippen LogP contribution in [0.2, 0.25) is 5.15 Å². The Labute approximate surface area is 184 Å². The molecule has 0 spiro atoms. The van der Waals surface area contributed by atoms with Gasteiger partial charge in [-0.2, -0.15) is 0 Å². The number of alkyl carbamates (subject to hydrolysis) is 1. The number of carbonyl (C=O) groups is 2. The van der Waals surface area contributed by atoms with Crippen molar-refractivity contribution in [1.29, 1.82) is 0 Å². The van der Waals surface area contributed by atoms with E-state index in [1.807, 2.05) is 24.3 Å². The molecule has 0 bridgehead atoms. The highest BCUT2D eigenvalue weighted by molar-refractivity contribution is 6.32. The van der Waals surface area contributed by atoms with E-state index in [1.54, 1.807) is 12.2 Å². The molecular formula is C24H19ClN2O4. The van der Waals surface area contributed by atoms with Crippen LogP contribution in [0, 0.1) is 0 Å². The van der Waals surface area contributed by atoms with Crippen LogP contribution in [0.15, 0.2) is 66.9 Å². The minimum Gasteiger partial charge on any atom is -0.478 e. The minimum atomic E-state index is -1.15. The molecule has 0 unspecified atom stereocenters. The fraction of sp³-hybridized carbons (Fsp3) is 0.125. The van der Waals surface area contributed by atoms with Crippen LogP contribution in [-0.2, 0) is 4.74 Å². The van der Waals surface area contributed by atoms with E-state index < -0.39 is 12.1 Å². The number of nitrogens with zero attached hydrogens (tertiary/aromatic N) is 1. The molecule has 2 N–H and O–H groups in total. The standard InChI is InChI=1S/C24H19ClN2O4/c25-22-20(23(28)29)12-15(13-27-22)6-5-11-26-24(30)31-14-21-18-9-3-1-7-16(18)17-8-2-4-10-19(17)21/h1-10,12-13,21H,11,14H2,(H,26,30)(H,28,29). The largest absolute Gasteiger partial charge is 0.478 e. The fourth-order valence-electron chi connectivity index (χ4n) is 3.69. The first-order valence-electron chi connectivity index (χ1n) is 9.69. The van der Waals surface area contributed by atoms with Crippen LogP contribution in [-0.4, -0.2) is 35.3 Å². The summed E-state index contributed by atoms with van der Waals surface area (Å²) >= 11 is 5.76. The Balaban J connectivity index is 1.33. The van der Waals surface area contributed by atoms with Crippen molar-refractivity contribution in [2.45, 2.75) is 5.92 Å². The van der Waals surface area contributed by atoms with E-state index in [1.165, 1.54) is 23.4 Å². The smallest absolute Gasteiger partial charge is 0.407 e. The normalized spacial score (nSPS) is 12.4. The Morgan fingerprint density at radius 2 is 1.74 bits per heavy atom. The monoisotopic (exact) mass is 434 g/mol. The molecule has 0 aliphatic heterocycles. The Hall–Kier alpha value is -3.64. The molecule has 1 heterocycles. The highest BCUT2D eigenvalue weighted by Crippen LogP contribution is 2.44. The number of aromatic carboxylic acids is 1. The van der Waals surface area contributed by atoms with Gasteiger partial charge in [0.05, 0.1) is 5.56 Å². The number of amides is 1. The van der Waals surface area contributed by atoms with Gasteiger partial charge in [-0.25, -0.2) is 14.6 Å². The van der Waals surface area contributed by atoms with Gasteiger partial charge in [-0.05, 0) is 33.9 Å². The lowest BCUT2D eigenvalue weighted by atomic mass is 9.98. The van der Waals surface area contributed by atoms with Crippen molar-refractivity contribution in [3.05, 3.63) is 94.3 Å². The molecule has 2 aromatic carbocycles. The molecule has 0 saturated carbocycles. The SMILES string of the molecule is O=C(NCC=Cc1cnc(Cl)c(C(=O)O)c1)OCC1c2ccccc2-c2ccccc21. The number of hydrogen-bond donors (Lipinski definition) is 2. The molecule has 31 heavy (non-hydrogen) atoms. The van der Waals surface area contributed by atoms with E-state index in [-0.39, 0.29) is 29.8 Å². The van der Waals surface area contributed by atoms with Crippen molar-refractivity contribution in [2.75, 3.05) is 13.2 Å². The first kappa shape index (κ1) is 20.6. The zero-order valence-electron chi connectivity index (χ0n) is 16.4. The number of carbonyl (C=O) groups excluding carboxylic acids is 1. The number of halogens is 1. The summed E-state index contributed by atoms with van der Waals surface area (Å²) in [5.41, 5.74) is 5.14. The van der Waals surface area contributed by atoms with Crippen LogP contribution in [0.25, 0.3) is 17.2 Å². The molecule has 1 amide bonds. The van der Waals surface area contributed by atoms with Gasteiger partial charge in [-0.3, -0.25) is 0 Å². The molecule has 1 aliphatic carbocycles. The Morgan fingerprint density at radius 3 is 2.39 bits per heavy atom. The molecule has 3 aromatic rings. The Bertz CT molecular complexity index is 1130. The van der Waals surface area contributed by atoms with Crippen LogP contribution >= 0.6 is 11.6 Å². The molecule has 7 heteroatoms. The molecule has 1 aromatic heterocycles. The molecule has 0 saturated heterocycles. The van der Waals surface area contributed by atoms with Crippen molar-refractivity contribution < 1.29 is 19.4 Å². The van der Waals surface area contributed by atoms with E-state index in [0.29, 0.717) is 5.56 Å². The maximum atomic E-state index is 12.1. The van der Waals surface area contributed by atoms with E-state index in [9.17, 15) is 9.59 Å². The summed E-state index contributed by atoms with van der Waals surface area (Å²) in [5.74, 6) is -1.15. The summed E-state index contributed by atoms with van der Waals surface area (Å²) in [4.78, 5) is 27.1. The maximum absolute atomic E-state index is 12.1. The zero-order chi connectivity index (χ0) is 21.8. The van der Waals surface area contributed by atoms with Crippen LogP contribution in [0.4, 0.5) is 4.79 Å². The number of benzene rings is 2. The van der Waals surface area contributed by atoms with Gasteiger partial charge in [0.1, 0.15) is 11.8 Å². The lowest BCUT2D eigenvalue weighted by Gasteiger charge is -2.14. The summed E-state index contributed by atoms with van der Waals surface area (Å²) in [6, 6.07) is 17.7. The zero-order valence-corrected chi connectivity index (χ0v) is 17.2. The minimum absolute atomic E-state index is 0.00303. The summed E-state index contributed by atoms with van der Waals surface area (Å²) < 4.78 is 5.47.